The van der Waals surface area contributed by atoms with Gasteiger partial charge in [0.1, 0.15) is 0 Å². The standard InChI is InChI=1S/C16H22BF3N2O2/c1-14(2)15(3,4)24-17(23-14)12(9-21)8-10-7-11(16(18,19)20)5-6-13(10)22/h5-8H,9,21-22H2,1-4H3. The van der Waals surface area contributed by atoms with Gasteiger partial charge in [-0.05, 0) is 56.9 Å². The smallest absolute Gasteiger partial charge is 0.400 e. The molecule has 24 heavy (non-hydrogen) atoms. The predicted octanol–water partition coefficient (Wildman–Crippen LogP) is 3.26. The average molecular weight is 342 g/mol. The van der Waals surface area contributed by atoms with Gasteiger partial charge in [-0.25, -0.2) is 0 Å². The molecule has 1 aromatic rings. The average Bonchev–Trinajstić information content (AvgIpc) is 2.65. The topological polar surface area (TPSA) is 70.5 Å². The lowest BCUT2D eigenvalue weighted by Gasteiger charge is -2.32. The van der Waals surface area contributed by atoms with Gasteiger partial charge < -0.3 is 20.8 Å². The second-order valence-corrected chi connectivity index (χ2v) is 6.85. The zero-order valence-electron chi connectivity index (χ0n) is 14.2. The summed E-state index contributed by atoms with van der Waals surface area (Å²) in [5.41, 5.74) is 10.7. The van der Waals surface area contributed by atoms with Crippen molar-refractivity contribution in [3.8, 4) is 0 Å². The summed E-state index contributed by atoms with van der Waals surface area (Å²) in [5.74, 6) is 0. The zero-order chi connectivity index (χ0) is 18.3. The number of nitrogen functional groups attached to an aromatic ring is 1. The lowest BCUT2D eigenvalue weighted by atomic mass is 9.77. The van der Waals surface area contributed by atoms with Gasteiger partial charge in [-0.2, -0.15) is 13.2 Å². The normalized spacial score (nSPS) is 20.5. The molecule has 0 atom stereocenters. The minimum Gasteiger partial charge on any atom is -0.400 e. The van der Waals surface area contributed by atoms with Crippen molar-refractivity contribution in [2.75, 3.05) is 12.3 Å². The van der Waals surface area contributed by atoms with Crippen LogP contribution in [0.1, 0.15) is 38.8 Å². The van der Waals surface area contributed by atoms with Crippen molar-refractivity contribution in [3.05, 3.63) is 34.8 Å². The summed E-state index contributed by atoms with van der Waals surface area (Å²) in [5, 5.41) is 0. The Bertz CT molecular complexity index is 641. The molecule has 1 heterocycles. The van der Waals surface area contributed by atoms with Crippen LogP contribution in [0.4, 0.5) is 18.9 Å². The number of nitrogens with two attached hydrogens (primary N) is 2. The van der Waals surface area contributed by atoms with Crippen molar-refractivity contribution in [2.24, 2.45) is 5.73 Å². The Balaban J connectivity index is 2.39. The second-order valence-electron chi connectivity index (χ2n) is 6.85. The lowest BCUT2D eigenvalue weighted by molar-refractivity contribution is -0.137. The largest absolute Gasteiger partial charge is 0.491 e. The molecule has 8 heteroatoms. The van der Waals surface area contributed by atoms with Crippen LogP contribution in [0.15, 0.2) is 23.7 Å². The summed E-state index contributed by atoms with van der Waals surface area (Å²) in [7, 11) is -0.728. The van der Waals surface area contributed by atoms with E-state index in [1.54, 1.807) is 0 Å². The van der Waals surface area contributed by atoms with E-state index < -0.39 is 30.1 Å². The Morgan fingerprint density at radius 2 is 1.71 bits per heavy atom. The number of hydrogen-bond acceptors (Lipinski definition) is 4. The molecule has 0 unspecified atom stereocenters. The number of alkyl halides is 3. The fourth-order valence-electron chi connectivity index (χ4n) is 2.29. The minimum absolute atomic E-state index is 0.0759. The summed E-state index contributed by atoms with van der Waals surface area (Å²) >= 11 is 0. The Morgan fingerprint density at radius 3 is 2.17 bits per heavy atom. The van der Waals surface area contributed by atoms with Crippen molar-refractivity contribution in [2.45, 2.75) is 45.1 Å². The quantitative estimate of drug-likeness (QED) is 0.653. The van der Waals surface area contributed by atoms with Gasteiger partial charge in [0.15, 0.2) is 0 Å². The first-order valence-electron chi connectivity index (χ1n) is 7.60. The van der Waals surface area contributed by atoms with Crippen molar-refractivity contribution in [1.29, 1.82) is 0 Å². The highest BCUT2D eigenvalue weighted by molar-refractivity contribution is 6.56. The van der Waals surface area contributed by atoms with Crippen LogP contribution in [0.5, 0.6) is 0 Å². The summed E-state index contributed by atoms with van der Waals surface area (Å²) in [4.78, 5) is 0. The summed E-state index contributed by atoms with van der Waals surface area (Å²) in [6.45, 7) is 7.63. The molecule has 1 aliphatic rings. The first-order chi connectivity index (χ1) is 10.9. The third-order valence-corrected chi connectivity index (χ3v) is 4.55. The molecule has 0 aliphatic carbocycles. The molecule has 0 bridgehead atoms. The number of hydrogen-bond donors (Lipinski definition) is 2. The Kier molecular flexibility index (Phi) is 4.78. The third-order valence-electron chi connectivity index (χ3n) is 4.55. The summed E-state index contributed by atoms with van der Waals surface area (Å²) in [6, 6.07) is 3.17. The van der Waals surface area contributed by atoms with Crippen LogP contribution >= 0.6 is 0 Å². The van der Waals surface area contributed by atoms with E-state index in [2.05, 4.69) is 0 Å². The second kappa shape index (κ2) is 6.09. The van der Waals surface area contributed by atoms with Crippen molar-refractivity contribution >= 4 is 18.9 Å². The molecule has 4 N–H and O–H groups in total. The van der Waals surface area contributed by atoms with Crippen LogP contribution in [-0.4, -0.2) is 24.9 Å². The molecule has 132 valence electrons. The van der Waals surface area contributed by atoms with E-state index in [9.17, 15) is 13.2 Å². The molecule has 1 saturated heterocycles. The molecular formula is C16H22BF3N2O2. The van der Waals surface area contributed by atoms with Gasteiger partial charge in [0, 0.05) is 12.2 Å². The maximum atomic E-state index is 12.9. The van der Waals surface area contributed by atoms with Crippen LogP contribution in [0.3, 0.4) is 0 Å². The van der Waals surface area contributed by atoms with Crippen LogP contribution in [0.25, 0.3) is 6.08 Å². The van der Waals surface area contributed by atoms with Crippen LogP contribution in [0.2, 0.25) is 0 Å². The van der Waals surface area contributed by atoms with E-state index in [1.165, 1.54) is 12.1 Å². The maximum absolute atomic E-state index is 12.9. The van der Waals surface area contributed by atoms with E-state index in [4.69, 9.17) is 20.8 Å². The lowest BCUT2D eigenvalue weighted by Crippen LogP contribution is -2.41. The minimum atomic E-state index is -4.44. The summed E-state index contributed by atoms with van der Waals surface area (Å²) in [6.07, 6.45) is -2.93. The SMILES string of the molecule is CC1(C)OB(C(=Cc2cc(C(F)(F)F)ccc2N)CN)OC1(C)C. The molecule has 0 amide bonds. The highest BCUT2D eigenvalue weighted by atomic mass is 19.4. The summed E-state index contributed by atoms with van der Waals surface area (Å²) < 4.78 is 50.4. The molecule has 0 radical (unpaired) electrons. The molecule has 1 fully saturated rings. The first-order valence-corrected chi connectivity index (χ1v) is 7.60. The van der Waals surface area contributed by atoms with E-state index in [0.717, 1.165) is 12.1 Å². The fourth-order valence-corrected chi connectivity index (χ4v) is 2.29. The van der Waals surface area contributed by atoms with Crippen molar-refractivity contribution in [1.82, 2.24) is 0 Å². The van der Waals surface area contributed by atoms with Gasteiger partial charge in [-0.3, -0.25) is 0 Å². The molecular weight excluding hydrogens is 320 g/mol. The van der Waals surface area contributed by atoms with E-state index >= 15 is 0 Å². The number of benzene rings is 1. The molecule has 1 aromatic carbocycles. The predicted molar refractivity (Wildman–Crippen MR) is 89.0 cm³/mol. The highest BCUT2D eigenvalue weighted by Crippen LogP contribution is 2.39. The van der Waals surface area contributed by atoms with E-state index in [1.807, 2.05) is 27.7 Å². The monoisotopic (exact) mass is 342 g/mol. The Labute approximate surface area is 140 Å². The highest BCUT2D eigenvalue weighted by Gasteiger charge is 2.52. The molecule has 0 spiro atoms. The van der Waals surface area contributed by atoms with Gasteiger partial charge in [0.05, 0.1) is 16.8 Å². The van der Waals surface area contributed by atoms with Crippen molar-refractivity contribution < 1.29 is 22.5 Å². The van der Waals surface area contributed by atoms with Crippen molar-refractivity contribution in [3.63, 3.8) is 0 Å². The van der Waals surface area contributed by atoms with Crippen LogP contribution in [0, 0.1) is 0 Å². The Morgan fingerprint density at radius 1 is 1.17 bits per heavy atom. The van der Waals surface area contributed by atoms with Gasteiger partial charge in [-0.15, -0.1) is 0 Å². The van der Waals surface area contributed by atoms with E-state index in [0.29, 0.717) is 5.47 Å². The van der Waals surface area contributed by atoms with Gasteiger partial charge >= 0.3 is 13.3 Å². The number of rotatable bonds is 3. The molecule has 4 nitrogen and oxygen atoms in total. The molecule has 2 rings (SSSR count). The number of anilines is 1. The molecule has 0 saturated carbocycles. The van der Waals surface area contributed by atoms with E-state index in [-0.39, 0.29) is 17.8 Å². The maximum Gasteiger partial charge on any atom is 0.491 e. The number of halogens is 3. The molecule has 0 aromatic heterocycles. The van der Waals surface area contributed by atoms with Crippen LogP contribution in [-0.2, 0) is 15.5 Å². The Hall–Kier alpha value is -1.51. The van der Waals surface area contributed by atoms with Crippen LogP contribution < -0.4 is 11.5 Å². The van der Waals surface area contributed by atoms with Gasteiger partial charge in [0.25, 0.3) is 0 Å². The fraction of sp³-hybridized carbons (Fsp3) is 0.500. The third kappa shape index (κ3) is 3.60. The first kappa shape index (κ1) is 18.8. The van der Waals surface area contributed by atoms with Gasteiger partial charge in [0.2, 0.25) is 0 Å². The van der Waals surface area contributed by atoms with Gasteiger partial charge in [-0.1, -0.05) is 6.08 Å². The zero-order valence-corrected chi connectivity index (χ0v) is 14.2. The molecule has 1 aliphatic heterocycles.